The summed E-state index contributed by atoms with van der Waals surface area (Å²) in [6.45, 7) is 5.46. The Labute approximate surface area is 247 Å². The fourth-order valence-electron chi connectivity index (χ4n) is 5.48. The minimum absolute atomic E-state index is 0.00619. The maximum atomic E-state index is 13.0. The fourth-order valence-corrected chi connectivity index (χ4v) is 5.48. The molecule has 43 heavy (non-hydrogen) atoms. The number of nitrogens with one attached hydrogen (secondary N) is 1. The molecule has 4 amide bonds. The van der Waals surface area contributed by atoms with Gasteiger partial charge in [-0.15, -0.1) is 0 Å². The minimum Gasteiger partial charge on any atom is -0.468 e. The van der Waals surface area contributed by atoms with Crippen LogP contribution in [0, 0.1) is 19.8 Å². The number of rotatable bonds is 8. The third-order valence-corrected chi connectivity index (χ3v) is 8.15. The van der Waals surface area contributed by atoms with E-state index in [0.29, 0.717) is 52.7 Å². The number of aryl methyl sites for hydroxylation is 2. The molecule has 0 spiro atoms. The maximum Gasteiger partial charge on any atom is 0.331 e. The second-order valence-electron chi connectivity index (χ2n) is 11.5. The molecule has 13 heteroatoms. The Kier molecular flexibility index (Phi) is 6.33. The third kappa shape index (κ3) is 5.15. The predicted octanol–water partition coefficient (Wildman–Crippen LogP) is 3.69. The SMILES string of the molecule is Cc1ccnc([C@H]2C[C@@H]2C(=O)Nc2cc(OC(C)c3cn4cc(C5CC5)cc(N5CC(=O)N(C)C5=O)c4n3)nc(C)n2)n1. The molecule has 3 aliphatic rings. The van der Waals surface area contributed by atoms with Crippen molar-refractivity contribution in [3.05, 3.63) is 65.4 Å². The van der Waals surface area contributed by atoms with Gasteiger partial charge in [-0.25, -0.2) is 24.7 Å². The highest BCUT2D eigenvalue weighted by Crippen LogP contribution is 2.46. The number of likely N-dealkylation sites (N-methyl/N-ethyl adjacent to an activating group) is 1. The quantitative estimate of drug-likeness (QED) is 0.308. The molecular weight excluding hydrogens is 550 g/mol. The first kappa shape index (κ1) is 26.9. The minimum atomic E-state index is -0.514. The zero-order valence-corrected chi connectivity index (χ0v) is 24.3. The standard InChI is InChI=1S/C30H31N9O4/c1-15-7-8-31-27(32-15)20-10-21(20)29(41)36-24-11-25(34-17(3)33-24)43-16(2)22-13-38-12-19(18-5-6-18)9-23(28(38)35-22)39-14-26(40)37(4)30(39)42/h7-9,11-13,16,18,20-21H,5-6,10,14H2,1-4H3,(H,33,34,36,41)/t16?,20-,21-/m0/s1. The van der Waals surface area contributed by atoms with Crippen molar-refractivity contribution < 1.29 is 19.1 Å². The summed E-state index contributed by atoms with van der Waals surface area (Å²) in [6.07, 6.45) is 7.97. The number of carbonyl (C=O) groups is 3. The molecule has 3 fully saturated rings. The average molecular weight is 582 g/mol. The number of anilines is 2. The maximum absolute atomic E-state index is 13.0. The van der Waals surface area contributed by atoms with Crippen LogP contribution in [0.25, 0.3) is 5.65 Å². The Hall–Kier alpha value is -4.94. The zero-order valence-electron chi connectivity index (χ0n) is 24.3. The van der Waals surface area contributed by atoms with Gasteiger partial charge in [0, 0.05) is 49.2 Å². The molecule has 1 N–H and O–H groups in total. The van der Waals surface area contributed by atoms with E-state index in [9.17, 15) is 14.4 Å². The van der Waals surface area contributed by atoms with Crippen molar-refractivity contribution in [1.29, 1.82) is 0 Å². The molecule has 0 bridgehead atoms. The zero-order chi connectivity index (χ0) is 30.0. The van der Waals surface area contributed by atoms with E-state index in [0.717, 1.165) is 29.0 Å². The number of hydrogen-bond donors (Lipinski definition) is 1. The summed E-state index contributed by atoms with van der Waals surface area (Å²) < 4.78 is 8.08. The van der Waals surface area contributed by atoms with Crippen molar-refractivity contribution in [2.45, 2.75) is 58.0 Å². The Morgan fingerprint density at radius 1 is 1.09 bits per heavy atom. The first-order valence-electron chi connectivity index (χ1n) is 14.4. The molecule has 7 rings (SSSR count). The summed E-state index contributed by atoms with van der Waals surface area (Å²) in [7, 11) is 1.49. The van der Waals surface area contributed by atoms with Gasteiger partial charge in [-0.2, -0.15) is 4.98 Å². The van der Waals surface area contributed by atoms with Crippen LogP contribution in [0.1, 0.15) is 72.7 Å². The lowest BCUT2D eigenvalue weighted by molar-refractivity contribution is -0.124. The van der Waals surface area contributed by atoms with Crippen molar-refractivity contribution in [3.8, 4) is 5.88 Å². The molecule has 0 radical (unpaired) electrons. The Morgan fingerprint density at radius 2 is 1.91 bits per heavy atom. The number of nitrogens with zero attached hydrogens (tertiary/aromatic N) is 8. The van der Waals surface area contributed by atoms with Crippen molar-refractivity contribution in [2.24, 2.45) is 5.92 Å². The van der Waals surface area contributed by atoms with E-state index in [-0.39, 0.29) is 36.2 Å². The molecular formula is C30H31N9O4. The van der Waals surface area contributed by atoms with Crippen LogP contribution in [0.15, 0.2) is 36.8 Å². The highest BCUT2D eigenvalue weighted by Gasteiger charge is 2.46. The number of hydrogen-bond acceptors (Lipinski definition) is 9. The smallest absolute Gasteiger partial charge is 0.331 e. The fraction of sp³-hybridized carbons (Fsp3) is 0.400. The second-order valence-corrected chi connectivity index (χ2v) is 11.5. The lowest BCUT2D eigenvalue weighted by Gasteiger charge is -2.17. The lowest BCUT2D eigenvalue weighted by atomic mass is 10.1. The summed E-state index contributed by atoms with van der Waals surface area (Å²) in [6, 6.07) is 5.03. The van der Waals surface area contributed by atoms with E-state index in [1.807, 2.05) is 42.8 Å². The van der Waals surface area contributed by atoms with Crippen LogP contribution in [-0.2, 0) is 9.59 Å². The normalized spacial score (nSPS) is 20.6. The molecule has 4 aromatic rings. The van der Waals surface area contributed by atoms with Crippen LogP contribution in [0.4, 0.5) is 16.3 Å². The summed E-state index contributed by atoms with van der Waals surface area (Å²) in [5.74, 6) is 1.58. The number of urea groups is 1. The molecule has 2 saturated carbocycles. The second kappa shape index (κ2) is 10.1. The van der Waals surface area contributed by atoms with Crippen molar-refractivity contribution in [1.82, 2.24) is 34.2 Å². The van der Waals surface area contributed by atoms with Gasteiger partial charge in [0.25, 0.3) is 0 Å². The molecule has 2 aliphatic carbocycles. The van der Waals surface area contributed by atoms with Gasteiger partial charge in [0.05, 0.1) is 11.4 Å². The number of amides is 4. The monoisotopic (exact) mass is 581 g/mol. The van der Waals surface area contributed by atoms with Crippen molar-refractivity contribution in [2.75, 3.05) is 23.8 Å². The molecule has 220 valence electrons. The van der Waals surface area contributed by atoms with E-state index in [1.54, 1.807) is 19.2 Å². The molecule has 1 unspecified atom stereocenters. The van der Waals surface area contributed by atoms with Crippen molar-refractivity contribution in [3.63, 3.8) is 0 Å². The summed E-state index contributed by atoms with van der Waals surface area (Å²) in [5.41, 5.74) is 3.77. The topological polar surface area (TPSA) is 148 Å². The van der Waals surface area contributed by atoms with Gasteiger partial charge >= 0.3 is 6.03 Å². The largest absolute Gasteiger partial charge is 0.468 e. The number of ether oxygens (including phenoxy) is 1. The molecule has 1 saturated heterocycles. The number of pyridine rings is 1. The van der Waals surface area contributed by atoms with Gasteiger partial charge in [0.15, 0.2) is 5.65 Å². The van der Waals surface area contributed by atoms with E-state index in [2.05, 4.69) is 25.3 Å². The molecule has 1 aliphatic heterocycles. The summed E-state index contributed by atoms with van der Waals surface area (Å²) in [5, 5.41) is 2.89. The van der Waals surface area contributed by atoms with Crippen LogP contribution < -0.4 is 15.0 Å². The van der Waals surface area contributed by atoms with Crippen LogP contribution in [0.2, 0.25) is 0 Å². The van der Waals surface area contributed by atoms with Crippen LogP contribution in [0.3, 0.4) is 0 Å². The lowest BCUT2D eigenvalue weighted by Crippen LogP contribution is -2.30. The Bertz CT molecular complexity index is 1800. The molecule has 4 aromatic heterocycles. The molecule has 5 heterocycles. The Balaban J connectivity index is 1.10. The number of fused-ring (bicyclic) bond motifs is 1. The molecule has 0 aromatic carbocycles. The van der Waals surface area contributed by atoms with Crippen LogP contribution in [-0.4, -0.2) is 65.7 Å². The Morgan fingerprint density at radius 3 is 2.63 bits per heavy atom. The van der Waals surface area contributed by atoms with E-state index >= 15 is 0 Å². The van der Waals surface area contributed by atoms with Crippen LogP contribution in [0.5, 0.6) is 5.88 Å². The van der Waals surface area contributed by atoms with Crippen molar-refractivity contribution >= 4 is 35.0 Å². The van der Waals surface area contributed by atoms with E-state index in [4.69, 9.17) is 9.72 Å². The van der Waals surface area contributed by atoms with E-state index in [1.165, 1.54) is 11.9 Å². The highest BCUT2D eigenvalue weighted by atomic mass is 16.5. The predicted molar refractivity (Wildman–Crippen MR) is 155 cm³/mol. The van der Waals surface area contributed by atoms with Gasteiger partial charge in [-0.3, -0.25) is 19.4 Å². The van der Waals surface area contributed by atoms with Gasteiger partial charge in [-0.05, 0) is 63.6 Å². The first-order valence-corrected chi connectivity index (χ1v) is 14.4. The summed E-state index contributed by atoms with van der Waals surface area (Å²) >= 11 is 0. The average Bonchev–Trinajstić information content (AvgIpc) is 3.89. The van der Waals surface area contributed by atoms with E-state index < -0.39 is 6.10 Å². The molecule has 13 nitrogen and oxygen atoms in total. The number of imide groups is 1. The number of carbonyl (C=O) groups excluding carboxylic acids is 3. The first-order chi connectivity index (χ1) is 20.6. The van der Waals surface area contributed by atoms with Gasteiger partial charge in [0.1, 0.15) is 30.1 Å². The van der Waals surface area contributed by atoms with Gasteiger partial charge in [0.2, 0.25) is 17.7 Å². The number of aromatic nitrogens is 6. The summed E-state index contributed by atoms with van der Waals surface area (Å²) in [4.78, 5) is 63.1. The third-order valence-electron chi connectivity index (χ3n) is 8.15. The number of imidazole rings is 1. The van der Waals surface area contributed by atoms with Gasteiger partial charge in [-0.1, -0.05) is 0 Å². The highest BCUT2D eigenvalue weighted by molar-refractivity contribution is 6.13. The molecule has 3 atom stereocenters. The van der Waals surface area contributed by atoms with Crippen LogP contribution >= 0.6 is 0 Å². The van der Waals surface area contributed by atoms with Gasteiger partial charge < -0.3 is 14.5 Å².